The first kappa shape index (κ1) is 13.5. The number of hydrogen-bond acceptors (Lipinski definition) is 3. The van der Waals surface area contributed by atoms with E-state index in [0.29, 0.717) is 6.01 Å². The first-order valence-electron chi connectivity index (χ1n) is 7.41. The van der Waals surface area contributed by atoms with Crippen molar-refractivity contribution in [1.82, 2.24) is 14.5 Å². The van der Waals surface area contributed by atoms with Gasteiger partial charge in [-0.3, -0.25) is 9.55 Å². The molecule has 0 atom stereocenters. The van der Waals surface area contributed by atoms with Gasteiger partial charge in [0.25, 0.3) is 0 Å². The second-order valence-corrected chi connectivity index (χ2v) is 5.31. The van der Waals surface area contributed by atoms with Gasteiger partial charge in [0.2, 0.25) is 0 Å². The molecular formula is C19H15N3O. The summed E-state index contributed by atoms with van der Waals surface area (Å²) in [5.74, 6) is 0.778. The third-order valence-corrected chi connectivity index (χ3v) is 3.81. The zero-order valence-corrected chi connectivity index (χ0v) is 12.7. The lowest BCUT2D eigenvalue weighted by atomic mass is 10.1. The number of pyridine rings is 1. The smallest absolute Gasteiger partial charge is 0.302 e. The number of hydrogen-bond donors (Lipinski definition) is 0. The highest BCUT2D eigenvalue weighted by molar-refractivity contribution is 5.83. The average molecular weight is 301 g/mol. The van der Waals surface area contributed by atoms with Gasteiger partial charge in [-0.15, -0.1) is 0 Å². The molecule has 0 saturated carbocycles. The first-order chi connectivity index (χ1) is 11.3. The molecule has 0 spiro atoms. The number of benzene rings is 2. The van der Waals surface area contributed by atoms with E-state index in [1.165, 1.54) is 0 Å². The Balaban J connectivity index is 1.76. The van der Waals surface area contributed by atoms with Crippen molar-refractivity contribution in [2.45, 2.75) is 0 Å². The van der Waals surface area contributed by atoms with Gasteiger partial charge < -0.3 is 4.74 Å². The highest BCUT2D eigenvalue weighted by atomic mass is 16.5. The van der Waals surface area contributed by atoms with Crippen molar-refractivity contribution >= 4 is 11.0 Å². The van der Waals surface area contributed by atoms with Gasteiger partial charge in [0.05, 0.1) is 11.0 Å². The van der Waals surface area contributed by atoms with Gasteiger partial charge >= 0.3 is 6.01 Å². The molecule has 0 aliphatic heterocycles. The van der Waals surface area contributed by atoms with E-state index in [1.54, 1.807) is 12.4 Å². The van der Waals surface area contributed by atoms with E-state index in [1.807, 2.05) is 60.1 Å². The number of rotatable bonds is 3. The van der Waals surface area contributed by atoms with Crippen molar-refractivity contribution < 1.29 is 4.74 Å². The van der Waals surface area contributed by atoms with E-state index in [-0.39, 0.29) is 0 Å². The molecule has 0 unspecified atom stereocenters. The van der Waals surface area contributed by atoms with Crippen LogP contribution in [0.15, 0.2) is 73.1 Å². The molecule has 0 aliphatic rings. The number of para-hydroxylation sites is 1. The monoisotopic (exact) mass is 301 g/mol. The maximum atomic E-state index is 5.88. The Morgan fingerprint density at radius 3 is 2.43 bits per heavy atom. The summed E-state index contributed by atoms with van der Waals surface area (Å²) < 4.78 is 7.85. The fourth-order valence-corrected chi connectivity index (χ4v) is 2.58. The molecule has 2 heterocycles. The third kappa shape index (κ3) is 2.55. The fraction of sp³-hybridized carbons (Fsp3) is 0.0526. The van der Waals surface area contributed by atoms with Crippen LogP contribution in [0.4, 0.5) is 0 Å². The van der Waals surface area contributed by atoms with E-state index in [4.69, 9.17) is 4.74 Å². The Morgan fingerprint density at radius 2 is 1.65 bits per heavy atom. The molecule has 0 N–H and O–H groups in total. The highest BCUT2D eigenvalue weighted by Crippen LogP contribution is 2.28. The summed E-state index contributed by atoms with van der Waals surface area (Å²) in [5, 5.41) is 0. The van der Waals surface area contributed by atoms with Gasteiger partial charge in [-0.1, -0.05) is 24.3 Å². The first-order valence-corrected chi connectivity index (χ1v) is 7.41. The molecule has 2 aromatic carbocycles. The maximum absolute atomic E-state index is 5.88. The molecule has 4 rings (SSSR count). The molecule has 0 saturated heterocycles. The molecular weight excluding hydrogens is 286 g/mol. The number of ether oxygens (including phenoxy) is 1. The summed E-state index contributed by atoms with van der Waals surface area (Å²) in [6, 6.07) is 20.5. The second kappa shape index (κ2) is 5.57. The van der Waals surface area contributed by atoms with Crippen LogP contribution in [0.5, 0.6) is 11.8 Å². The maximum Gasteiger partial charge on any atom is 0.302 e. The average Bonchev–Trinajstić information content (AvgIpc) is 2.92. The number of nitrogens with zero attached hydrogens (tertiary/aromatic N) is 3. The minimum absolute atomic E-state index is 0.582. The van der Waals surface area contributed by atoms with Crippen molar-refractivity contribution in [3.05, 3.63) is 73.1 Å². The number of imidazole rings is 1. The van der Waals surface area contributed by atoms with Gasteiger partial charge in [0.15, 0.2) is 0 Å². The van der Waals surface area contributed by atoms with E-state index in [2.05, 4.69) is 22.1 Å². The van der Waals surface area contributed by atoms with Crippen LogP contribution >= 0.6 is 0 Å². The lowest BCUT2D eigenvalue weighted by Gasteiger charge is -2.05. The van der Waals surface area contributed by atoms with Crippen molar-refractivity contribution in [2.75, 3.05) is 0 Å². The molecule has 112 valence electrons. The van der Waals surface area contributed by atoms with Crippen molar-refractivity contribution in [1.29, 1.82) is 0 Å². The number of fused-ring (bicyclic) bond motifs is 1. The summed E-state index contributed by atoms with van der Waals surface area (Å²) in [7, 11) is 1.96. The summed E-state index contributed by atoms with van der Waals surface area (Å²) in [5.41, 5.74) is 4.21. The van der Waals surface area contributed by atoms with Crippen LogP contribution in [0.3, 0.4) is 0 Å². The number of aromatic nitrogens is 3. The van der Waals surface area contributed by atoms with Crippen molar-refractivity contribution in [3.8, 4) is 22.9 Å². The molecule has 23 heavy (non-hydrogen) atoms. The Kier molecular flexibility index (Phi) is 3.27. The standard InChI is InChI=1S/C19H15N3O/c1-22-18-13-15(14-9-11-20-12-10-14)7-8-17(18)21-19(22)23-16-5-3-2-4-6-16/h2-13H,1H3. The van der Waals surface area contributed by atoms with E-state index in [0.717, 1.165) is 27.9 Å². The zero-order valence-electron chi connectivity index (χ0n) is 12.7. The zero-order chi connectivity index (χ0) is 15.6. The molecule has 0 fully saturated rings. The molecule has 2 aromatic heterocycles. The Bertz CT molecular complexity index is 946. The lowest BCUT2D eigenvalue weighted by Crippen LogP contribution is -1.94. The van der Waals surface area contributed by atoms with E-state index < -0.39 is 0 Å². The quantitative estimate of drug-likeness (QED) is 0.562. The normalized spacial score (nSPS) is 10.8. The number of aryl methyl sites for hydroxylation is 1. The lowest BCUT2D eigenvalue weighted by molar-refractivity contribution is 0.428. The van der Waals surface area contributed by atoms with Crippen molar-refractivity contribution in [3.63, 3.8) is 0 Å². The van der Waals surface area contributed by atoms with Crippen LogP contribution in [0.25, 0.3) is 22.2 Å². The summed E-state index contributed by atoms with van der Waals surface area (Å²) in [6.07, 6.45) is 3.60. The molecule has 0 amide bonds. The topological polar surface area (TPSA) is 39.9 Å². The predicted molar refractivity (Wildman–Crippen MR) is 90.5 cm³/mol. The van der Waals surface area contributed by atoms with Gasteiger partial charge in [-0.05, 0) is 47.5 Å². The summed E-state index contributed by atoms with van der Waals surface area (Å²) in [4.78, 5) is 8.63. The fourth-order valence-electron chi connectivity index (χ4n) is 2.58. The molecule has 0 bridgehead atoms. The van der Waals surface area contributed by atoms with Crippen LogP contribution < -0.4 is 4.74 Å². The summed E-state index contributed by atoms with van der Waals surface area (Å²) in [6.45, 7) is 0. The van der Waals surface area contributed by atoms with Crippen LogP contribution in [-0.4, -0.2) is 14.5 Å². The second-order valence-electron chi connectivity index (χ2n) is 5.31. The van der Waals surface area contributed by atoms with E-state index in [9.17, 15) is 0 Å². The minimum Gasteiger partial charge on any atom is -0.426 e. The molecule has 0 aliphatic carbocycles. The highest BCUT2D eigenvalue weighted by Gasteiger charge is 2.11. The summed E-state index contributed by atoms with van der Waals surface area (Å²) >= 11 is 0. The van der Waals surface area contributed by atoms with Gasteiger partial charge in [-0.25, -0.2) is 0 Å². The van der Waals surface area contributed by atoms with Gasteiger partial charge in [0.1, 0.15) is 5.75 Å². The Hall–Kier alpha value is -3.14. The van der Waals surface area contributed by atoms with E-state index >= 15 is 0 Å². The van der Waals surface area contributed by atoms with Gasteiger partial charge in [-0.2, -0.15) is 4.98 Å². The molecule has 4 heteroatoms. The Morgan fingerprint density at radius 1 is 0.870 bits per heavy atom. The van der Waals surface area contributed by atoms with Gasteiger partial charge in [0, 0.05) is 19.4 Å². The van der Waals surface area contributed by atoms with Crippen LogP contribution in [0.2, 0.25) is 0 Å². The third-order valence-electron chi connectivity index (χ3n) is 3.81. The van der Waals surface area contributed by atoms with Crippen molar-refractivity contribution in [2.24, 2.45) is 7.05 Å². The molecule has 0 radical (unpaired) electrons. The predicted octanol–water partition coefficient (Wildman–Crippen LogP) is 4.43. The van der Waals surface area contributed by atoms with Crippen LogP contribution in [-0.2, 0) is 7.05 Å². The molecule has 4 nitrogen and oxygen atoms in total. The molecule has 4 aromatic rings. The largest absolute Gasteiger partial charge is 0.426 e. The Labute approximate surface area is 134 Å². The van der Waals surface area contributed by atoms with Crippen LogP contribution in [0.1, 0.15) is 0 Å². The SMILES string of the molecule is Cn1c(Oc2ccccc2)nc2ccc(-c3ccncc3)cc21. The van der Waals surface area contributed by atoms with Crippen LogP contribution in [0, 0.1) is 0 Å². The minimum atomic E-state index is 0.582.